The summed E-state index contributed by atoms with van der Waals surface area (Å²) in [7, 11) is 0. The Labute approximate surface area is 107 Å². The predicted octanol–water partition coefficient (Wildman–Crippen LogP) is 4.32. The molecule has 0 amide bonds. The van der Waals surface area contributed by atoms with E-state index in [2.05, 4.69) is 28.2 Å². The van der Waals surface area contributed by atoms with Crippen LogP contribution in [0.25, 0.3) is 22.0 Å². The molecule has 0 bridgehead atoms. The largest absolute Gasteiger partial charge is 0.264 e. The standard InChI is InChI=1S/C14H10N2.C2H6/c1-2-4-11(5-3-1)12-8-13-9-15-7-6-14(13)16-10-12;1-2/h1-10H;1-2H3. The third-order valence-electron chi connectivity index (χ3n) is 2.59. The smallest absolute Gasteiger partial charge is 0.0733 e. The van der Waals surface area contributed by atoms with Crippen LogP contribution in [0.4, 0.5) is 0 Å². The summed E-state index contributed by atoms with van der Waals surface area (Å²) in [6.07, 6.45) is 5.50. The number of nitrogens with zero attached hydrogens (tertiary/aromatic N) is 2. The van der Waals surface area contributed by atoms with Crippen LogP contribution in [0, 0.1) is 0 Å². The van der Waals surface area contributed by atoms with Crippen LogP contribution in [0.2, 0.25) is 0 Å². The Hall–Kier alpha value is -2.22. The molecule has 2 heteroatoms. The van der Waals surface area contributed by atoms with Gasteiger partial charge in [0.1, 0.15) is 0 Å². The van der Waals surface area contributed by atoms with Gasteiger partial charge in [0.2, 0.25) is 0 Å². The first-order chi connectivity index (χ1) is 8.93. The number of rotatable bonds is 1. The summed E-state index contributed by atoms with van der Waals surface area (Å²) in [5.41, 5.74) is 3.29. The highest BCUT2D eigenvalue weighted by Crippen LogP contribution is 2.21. The first-order valence-corrected chi connectivity index (χ1v) is 6.19. The van der Waals surface area contributed by atoms with Gasteiger partial charge in [0, 0.05) is 29.5 Å². The lowest BCUT2D eigenvalue weighted by Crippen LogP contribution is -1.83. The maximum Gasteiger partial charge on any atom is 0.0733 e. The first kappa shape index (κ1) is 12.2. The lowest BCUT2D eigenvalue weighted by atomic mass is 10.1. The Morgan fingerprint density at radius 2 is 1.61 bits per heavy atom. The number of benzene rings is 1. The second kappa shape index (κ2) is 5.92. The van der Waals surface area contributed by atoms with Crippen molar-refractivity contribution in [2.45, 2.75) is 13.8 Å². The number of pyridine rings is 2. The van der Waals surface area contributed by atoms with E-state index in [4.69, 9.17) is 0 Å². The number of aromatic nitrogens is 2. The first-order valence-electron chi connectivity index (χ1n) is 6.19. The maximum absolute atomic E-state index is 4.42. The minimum Gasteiger partial charge on any atom is -0.264 e. The van der Waals surface area contributed by atoms with E-state index in [0.717, 1.165) is 16.5 Å². The van der Waals surface area contributed by atoms with Crippen LogP contribution in [-0.4, -0.2) is 9.97 Å². The number of hydrogen-bond donors (Lipinski definition) is 0. The molecule has 2 nitrogen and oxygen atoms in total. The van der Waals surface area contributed by atoms with Gasteiger partial charge >= 0.3 is 0 Å². The average molecular weight is 236 g/mol. The van der Waals surface area contributed by atoms with Crippen LogP contribution in [0.5, 0.6) is 0 Å². The lowest BCUT2D eigenvalue weighted by Gasteiger charge is -2.02. The predicted molar refractivity (Wildman–Crippen MR) is 76.3 cm³/mol. The van der Waals surface area contributed by atoms with Crippen molar-refractivity contribution in [3.63, 3.8) is 0 Å². The van der Waals surface area contributed by atoms with Gasteiger partial charge in [-0.25, -0.2) is 0 Å². The third-order valence-corrected chi connectivity index (χ3v) is 2.59. The summed E-state index contributed by atoms with van der Waals surface area (Å²) in [6.45, 7) is 4.00. The number of hydrogen-bond acceptors (Lipinski definition) is 2. The van der Waals surface area contributed by atoms with Gasteiger partial charge in [0.05, 0.1) is 5.52 Å². The van der Waals surface area contributed by atoms with Gasteiger partial charge < -0.3 is 0 Å². The average Bonchev–Trinajstić information content (AvgIpc) is 2.50. The van der Waals surface area contributed by atoms with E-state index in [0.29, 0.717) is 0 Å². The Kier molecular flexibility index (Phi) is 4.02. The van der Waals surface area contributed by atoms with Crippen molar-refractivity contribution in [1.29, 1.82) is 0 Å². The van der Waals surface area contributed by atoms with Crippen molar-refractivity contribution in [3.05, 3.63) is 61.1 Å². The topological polar surface area (TPSA) is 25.8 Å². The molecule has 0 N–H and O–H groups in total. The lowest BCUT2D eigenvalue weighted by molar-refractivity contribution is 1.32. The summed E-state index contributed by atoms with van der Waals surface area (Å²) in [4.78, 5) is 8.53. The Balaban J connectivity index is 0.000000574. The monoisotopic (exact) mass is 236 g/mol. The van der Waals surface area contributed by atoms with E-state index in [1.165, 1.54) is 5.56 Å². The van der Waals surface area contributed by atoms with E-state index in [1.807, 2.05) is 50.5 Å². The van der Waals surface area contributed by atoms with Crippen LogP contribution in [0.1, 0.15) is 13.8 Å². The highest BCUT2D eigenvalue weighted by Gasteiger charge is 1.99. The Morgan fingerprint density at radius 1 is 0.833 bits per heavy atom. The van der Waals surface area contributed by atoms with Gasteiger partial charge in [0.15, 0.2) is 0 Å². The van der Waals surface area contributed by atoms with Crippen molar-refractivity contribution in [1.82, 2.24) is 9.97 Å². The van der Waals surface area contributed by atoms with Crippen molar-refractivity contribution >= 4 is 10.9 Å². The zero-order chi connectivity index (χ0) is 12.8. The van der Waals surface area contributed by atoms with Gasteiger partial charge in [-0.3, -0.25) is 9.97 Å². The molecule has 0 aliphatic carbocycles. The van der Waals surface area contributed by atoms with Crippen molar-refractivity contribution < 1.29 is 0 Å². The fraction of sp³-hybridized carbons (Fsp3) is 0.125. The molecule has 2 heterocycles. The molecule has 2 aromatic heterocycles. The summed E-state index contributed by atoms with van der Waals surface area (Å²) in [6, 6.07) is 14.3. The molecule has 3 aromatic rings. The van der Waals surface area contributed by atoms with E-state index in [9.17, 15) is 0 Å². The molecule has 3 rings (SSSR count). The second-order valence-electron chi connectivity index (χ2n) is 3.66. The van der Waals surface area contributed by atoms with Crippen LogP contribution in [-0.2, 0) is 0 Å². The minimum absolute atomic E-state index is 0.981. The van der Waals surface area contributed by atoms with Crippen LogP contribution in [0.3, 0.4) is 0 Å². The zero-order valence-corrected chi connectivity index (χ0v) is 10.7. The summed E-state index contributed by atoms with van der Waals surface area (Å²) in [5.74, 6) is 0. The molecule has 0 saturated heterocycles. The molecule has 0 aliphatic heterocycles. The van der Waals surface area contributed by atoms with Crippen LogP contribution in [0.15, 0.2) is 61.1 Å². The molecule has 0 radical (unpaired) electrons. The van der Waals surface area contributed by atoms with E-state index >= 15 is 0 Å². The zero-order valence-electron chi connectivity index (χ0n) is 10.7. The van der Waals surface area contributed by atoms with Gasteiger partial charge in [-0.05, 0) is 17.7 Å². The van der Waals surface area contributed by atoms with E-state index in [-0.39, 0.29) is 0 Å². The van der Waals surface area contributed by atoms with E-state index in [1.54, 1.807) is 6.20 Å². The van der Waals surface area contributed by atoms with Gasteiger partial charge in [-0.15, -0.1) is 0 Å². The molecule has 0 atom stereocenters. The number of fused-ring (bicyclic) bond motifs is 1. The summed E-state index contributed by atoms with van der Waals surface area (Å²) >= 11 is 0. The molecular weight excluding hydrogens is 220 g/mol. The molecule has 18 heavy (non-hydrogen) atoms. The van der Waals surface area contributed by atoms with Gasteiger partial charge in [-0.2, -0.15) is 0 Å². The maximum atomic E-state index is 4.42. The Bertz CT molecular complexity index is 618. The third kappa shape index (κ3) is 2.54. The molecule has 0 unspecified atom stereocenters. The summed E-state index contributed by atoms with van der Waals surface area (Å²) in [5, 5.41) is 1.07. The van der Waals surface area contributed by atoms with Crippen LogP contribution < -0.4 is 0 Å². The minimum atomic E-state index is 0.981. The SMILES string of the molecule is CC.c1ccc(-c2cnc3ccncc3c2)cc1. The molecule has 0 fully saturated rings. The van der Waals surface area contributed by atoms with Crippen LogP contribution >= 0.6 is 0 Å². The molecular formula is C16H16N2. The van der Waals surface area contributed by atoms with Crippen molar-refractivity contribution in [2.75, 3.05) is 0 Å². The van der Waals surface area contributed by atoms with E-state index < -0.39 is 0 Å². The quantitative estimate of drug-likeness (QED) is 0.628. The Morgan fingerprint density at radius 3 is 2.39 bits per heavy atom. The summed E-state index contributed by atoms with van der Waals surface area (Å²) < 4.78 is 0. The highest BCUT2D eigenvalue weighted by atomic mass is 14.7. The van der Waals surface area contributed by atoms with Crippen molar-refractivity contribution in [3.8, 4) is 11.1 Å². The second-order valence-corrected chi connectivity index (χ2v) is 3.66. The fourth-order valence-corrected chi connectivity index (χ4v) is 1.76. The molecule has 0 spiro atoms. The molecule has 0 aliphatic rings. The normalized spacial score (nSPS) is 9.67. The molecule has 90 valence electrons. The highest BCUT2D eigenvalue weighted by molar-refractivity contribution is 5.82. The van der Waals surface area contributed by atoms with Gasteiger partial charge in [-0.1, -0.05) is 44.2 Å². The van der Waals surface area contributed by atoms with Crippen molar-refractivity contribution in [2.24, 2.45) is 0 Å². The van der Waals surface area contributed by atoms with Gasteiger partial charge in [0.25, 0.3) is 0 Å². The molecule has 0 saturated carbocycles. The fourth-order valence-electron chi connectivity index (χ4n) is 1.76. The molecule has 1 aromatic carbocycles.